The third-order valence-corrected chi connectivity index (χ3v) is 5.95. The highest BCUT2D eigenvalue weighted by molar-refractivity contribution is 9.10. The zero-order valence-corrected chi connectivity index (χ0v) is 17.1. The van der Waals surface area contributed by atoms with Crippen LogP contribution in [-0.4, -0.2) is 17.1 Å². The Hall–Kier alpha value is -1.85. The highest BCUT2D eigenvalue weighted by Gasteiger charge is 2.31. The van der Waals surface area contributed by atoms with E-state index in [9.17, 15) is 9.18 Å². The molecule has 6 heteroatoms. The van der Waals surface area contributed by atoms with Gasteiger partial charge in [-0.3, -0.25) is 4.79 Å². The van der Waals surface area contributed by atoms with Crippen LogP contribution in [0.25, 0.3) is 10.9 Å². The summed E-state index contributed by atoms with van der Waals surface area (Å²) in [6.45, 7) is 2.41. The molecule has 0 aliphatic heterocycles. The van der Waals surface area contributed by atoms with Crippen molar-refractivity contribution in [2.24, 2.45) is 0 Å². The minimum absolute atomic E-state index is 0.110. The highest BCUT2D eigenvalue weighted by atomic mass is 79.9. The molecule has 0 saturated heterocycles. The van der Waals surface area contributed by atoms with Crippen LogP contribution in [0.15, 0.2) is 40.9 Å². The molecule has 1 aliphatic rings. The Balaban J connectivity index is 1.85. The summed E-state index contributed by atoms with van der Waals surface area (Å²) in [6.07, 6.45) is 1.74. The lowest BCUT2D eigenvalue weighted by Crippen LogP contribution is -2.13. The third kappa shape index (κ3) is 3.50. The number of benzene rings is 2. The van der Waals surface area contributed by atoms with E-state index < -0.39 is 0 Å². The second-order valence-corrected chi connectivity index (χ2v) is 8.19. The first kappa shape index (κ1) is 18.5. The lowest BCUT2D eigenvalue weighted by Gasteiger charge is -2.17. The molecular formula is C21H18BrClFNO2. The molecule has 0 unspecified atom stereocenters. The van der Waals surface area contributed by atoms with Gasteiger partial charge in [0.05, 0.1) is 12.1 Å². The van der Waals surface area contributed by atoms with E-state index in [0.29, 0.717) is 18.2 Å². The first-order valence-corrected chi connectivity index (χ1v) is 9.99. The molecule has 4 rings (SSSR count). The van der Waals surface area contributed by atoms with Gasteiger partial charge in [-0.25, -0.2) is 4.39 Å². The highest BCUT2D eigenvalue weighted by Crippen LogP contribution is 2.43. The second kappa shape index (κ2) is 7.28. The molecule has 27 heavy (non-hydrogen) atoms. The van der Waals surface area contributed by atoms with Gasteiger partial charge in [0.25, 0.3) is 0 Å². The molecule has 2 aromatic carbocycles. The number of hydrogen-bond acceptors (Lipinski definition) is 2. The first-order valence-electron chi connectivity index (χ1n) is 8.82. The van der Waals surface area contributed by atoms with Crippen molar-refractivity contribution in [2.45, 2.75) is 32.2 Å². The summed E-state index contributed by atoms with van der Waals surface area (Å²) < 4.78 is 22.3. The third-order valence-electron chi connectivity index (χ3n) is 5.09. The Morgan fingerprint density at radius 1 is 1.33 bits per heavy atom. The molecule has 140 valence electrons. The number of aromatic nitrogens is 1. The van der Waals surface area contributed by atoms with E-state index >= 15 is 0 Å². The van der Waals surface area contributed by atoms with Crippen LogP contribution in [0.3, 0.4) is 0 Å². The van der Waals surface area contributed by atoms with Gasteiger partial charge in [0.2, 0.25) is 0 Å². The average molecular weight is 451 g/mol. The molecule has 0 amide bonds. The summed E-state index contributed by atoms with van der Waals surface area (Å²) in [5.41, 5.74) is 4.36. The second-order valence-electron chi connectivity index (χ2n) is 6.90. The quantitative estimate of drug-likeness (QED) is 0.468. The van der Waals surface area contributed by atoms with E-state index in [1.807, 2.05) is 24.3 Å². The van der Waals surface area contributed by atoms with E-state index in [0.717, 1.165) is 45.0 Å². The van der Waals surface area contributed by atoms with Gasteiger partial charge in [-0.15, -0.1) is 0 Å². The van der Waals surface area contributed by atoms with Gasteiger partial charge < -0.3 is 9.30 Å². The maximum absolute atomic E-state index is 14.1. The maximum Gasteiger partial charge on any atom is 0.302 e. The molecule has 0 N–H and O–H groups in total. The molecule has 1 aromatic heterocycles. The Bertz CT molecular complexity index is 1030. The predicted molar refractivity (Wildman–Crippen MR) is 108 cm³/mol. The van der Waals surface area contributed by atoms with Crippen LogP contribution in [0.4, 0.5) is 4.39 Å². The minimum atomic E-state index is -0.281. The summed E-state index contributed by atoms with van der Waals surface area (Å²) in [6, 6.07) is 10.8. The van der Waals surface area contributed by atoms with E-state index in [4.69, 9.17) is 16.3 Å². The Morgan fingerprint density at radius 2 is 2.07 bits per heavy atom. The summed E-state index contributed by atoms with van der Waals surface area (Å²) in [5.74, 6) is -0.432. The number of hydrogen-bond donors (Lipinski definition) is 0. The van der Waals surface area contributed by atoms with Crippen molar-refractivity contribution in [3.63, 3.8) is 0 Å². The number of aryl methyl sites for hydroxylation is 1. The average Bonchev–Trinajstić information content (AvgIpc) is 3.15. The van der Waals surface area contributed by atoms with Gasteiger partial charge in [-0.2, -0.15) is 0 Å². The molecule has 0 spiro atoms. The Kier molecular flexibility index (Phi) is 4.99. The number of ether oxygens (including phenoxy) is 1. The zero-order chi connectivity index (χ0) is 19.1. The Morgan fingerprint density at radius 3 is 2.78 bits per heavy atom. The van der Waals surface area contributed by atoms with Crippen molar-refractivity contribution >= 4 is 44.4 Å². The molecule has 0 radical (unpaired) electrons. The largest absolute Gasteiger partial charge is 0.465 e. The van der Waals surface area contributed by atoms with Crippen LogP contribution < -0.4 is 0 Å². The number of carbonyl (C=O) groups is 1. The van der Waals surface area contributed by atoms with Gasteiger partial charge in [-0.05, 0) is 64.2 Å². The fourth-order valence-electron chi connectivity index (χ4n) is 3.99. The van der Waals surface area contributed by atoms with Crippen LogP contribution >= 0.6 is 27.5 Å². The molecule has 0 bridgehead atoms. The molecule has 3 nitrogen and oxygen atoms in total. The van der Waals surface area contributed by atoms with Gasteiger partial charge in [0, 0.05) is 40.0 Å². The molecule has 0 fully saturated rings. The summed E-state index contributed by atoms with van der Waals surface area (Å²) in [4.78, 5) is 11.3. The number of fused-ring (bicyclic) bond motifs is 3. The SMILES string of the molecule is CC(=O)OC[C@H]1CCc2c1n(Cc1ccc(Cl)cc1)c1c(Br)cc(F)cc21. The number of rotatable bonds is 4. The lowest BCUT2D eigenvalue weighted by atomic mass is 10.1. The zero-order valence-electron chi connectivity index (χ0n) is 14.8. The van der Waals surface area contributed by atoms with E-state index in [-0.39, 0.29) is 17.7 Å². The van der Waals surface area contributed by atoms with Crippen LogP contribution in [-0.2, 0) is 22.5 Å². The van der Waals surface area contributed by atoms with Gasteiger partial charge in [0.1, 0.15) is 5.82 Å². The van der Waals surface area contributed by atoms with Crippen molar-refractivity contribution in [1.82, 2.24) is 4.57 Å². The normalized spacial score (nSPS) is 15.9. The first-order chi connectivity index (χ1) is 12.9. The summed E-state index contributed by atoms with van der Waals surface area (Å²) in [5, 5.41) is 1.62. The van der Waals surface area contributed by atoms with Crippen molar-refractivity contribution in [1.29, 1.82) is 0 Å². The topological polar surface area (TPSA) is 31.2 Å². The monoisotopic (exact) mass is 449 g/mol. The smallest absolute Gasteiger partial charge is 0.302 e. The Labute approximate surface area is 170 Å². The molecule has 3 aromatic rings. The fourth-order valence-corrected chi connectivity index (χ4v) is 4.77. The standard InChI is InChI=1S/C21H18BrClFNO2/c1-12(26)27-11-14-4-7-17-18-8-16(24)9-19(22)21(18)25(20(14)17)10-13-2-5-15(23)6-3-13/h2-3,5-6,8-9,14H,4,7,10-11H2,1H3/t14-/m1/s1. The maximum atomic E-state index is 14.1. The van der Waals surface area contributed by atoms with Gasteiger partial charge in [-0.1, -0.05) is 23.7 Å². The number of halogens is 3. The van der Waals surface area contributed by atoms with Crippen LogP contribution in [0.5, 0.6) is 0 Å². The molecular weight excluding hydrogens is 433 g/mol. The van der Waals surface area contributed by atoms with E-state index in [1.54, 1.807) is 6.07 Å². The number of nitrogens with zero attached hydrogens (tertiary/aromatic N) is 1. The molecule has 1 heterocycles. The molecule has 0 saturated carbocycles. The van der Waals surface area contributed by atoms with Crippen molar-refractivity contribution in [3.05, 3.63) is 68.5 Å². The summed E-state index contributed by atoms with van der Waals surface area (Å²) in [7, 11) is 0. The summed E-state index contributed by atoms with van der Waals surface area (Å²) >= 11 is 9.55. The number of carbonyl (C=O) groups excluding carboxylic acids is 1. The van der Waals surface area contributed by atoms with Crippen molar-refractivity contribution in [3.8, 4) is 0 Å². The minimum Gasteiger partial charge on any atom is -0.465 e. The van der Waals surface area contributed by atoms with Crippen LogP contribution in [0.1, 0.15) is 36.1 Å². The lowest BCUT2D eigenvalue weighted by molar-refractivity contribution is -0.141. The van der Waals surface area contributed by atoms with E-state index in [2.05, 4.69) is 20.5 Å². The fraction of sp³-hybridized carbons (Fsp3) is 0.286. The van der Waals surface area contributed by atoms with Gasteiger partial charge >= 0.3 is 5.97 Å². The molecule has 1 aliphatic carbocycles. The number of esters is 1. The van der Waals surface area contributed by atoms with Crippen LogP contribution in [0.2, 0.25) is 5.02 Å². The molecule has 1 atom stereocenters. The predicted octanol–water partition coefficient (Wildman–Crippen LogP) is 5.84. The van der Waals surface area contributed by atoms with Gasteiger partial charge in [0.15, 0.2) is 0 Å². The van der Waals surface area contributed by atoms with Crippen molar-refractivity contribution in [2.75, 3.05) is 6.61 Å². The van der Waals surface area contributed by atoms with Crippen molar-refractivity contribution < 1.29 is 13.9 Å². The van der Waals surface area contributed by atoms with Crippen LogP contribution in [0, 0.1) is 5.82 Å². The van der Waals surface area contributed by atoms with E-state index in [1.165, 1.54) is 13.0 Å².